The summed E-state index contributed by atoms with van der Waals surface area (Å²) >= 11 is 0. The quantitative estimate of drug-likeness (QED) is 0.659. The Hall–Kier alpha value is -3.48. The molecule has 1 amide bonds. The number of likely N-dealkylation sites (tertiary alicyclic amines) is 1. The molecule has 7 heteroatoms. The first-order valence-electron chi connectivity index (χ1n) is 11.4. The van der Waals surface area contributed by atoms with Crippen molar-refractivity contribution in [3.63, 3.8) is 0 Å². The van der Waals surface area contributed by atoms with Gasteiger partial charge in [-0.1, -0.05) is 42.5 Å². The molecule has 0 N–H and O–H groups in total. The summed E-state index contributed by atoms with van der Waals surface area (Å²) in [4.78, 5) is 45.8. The number of hydrogen-bond acceptors (Lipinski definition) is 6. The molecule has 3 aliphatic rings. The Labute approximate surface area is 192 Å². The van der Waals surface area contributed by atoms with Crippen LogP contribution < -0.4 is 0 Å². The lowest BCUT2D eigenvalue weighted by Gasteiger charge is -2.57. The van der Waals surface area contributed by atoms with Crippen LogP contribution in [0.15, 0.2) is 60.3 Å². The number of pyridine rings is 1. The number of fused-ring (bicyclic) bond motifs is 1. The van der Waals surface area contributed by atoms with Gasteiger partial charge in [-0.15, -0.1) is 0 Å². The molecule has 2 bridgehead atoms. The summed E-state index contributed by atoms with van der Waals surface area (Å²) in [6.45, 7) is 2.67. The predicted molar refractivity (Wildman–Crippen MR) is 119 cm³/mol. The highest BCUT2D eigenvalue weighted by molar-refractivity contribution is 6.07. The van der Waals surface area contributed by atoms with Crippen LogP contribution in [0, 0.1) is 11.8 Å². The molecule has 0 radical (unpaired) electrons. The summed E-state index contributed by atoms with van der Waals surface area (Å²) in [5.74, 6) is -1.55. The number of amides is 1. The normalized spacial score (nSPS) is 25.4. The van der Waals surface area contributed by atoms with Crippen LogP contribution >= 0.6 is 0 Å². The van der Waals surface area contributed by atoms with Gasteiger partial charge >= 0.3 is 12.1 Å². The van der Waals surface area contributed by atoms with Gasteiger partial charge in [-0.2, -0.15) is 0 Å². The molecule has 2 aliphatic carbocycles. The van der Waals surface area contributed by atoms with Gasteiger partial charge in [0.1, 0.15) is 12.3 Å². The number of rotatable bonds is 4. The fourth-order valence-electron chi connectivity index (χ4n) is 5.77. The third-order valence-corrected chi connectivity index (χ3v) is 7.09. The van der Waals surface area contributed by atoms with Crippen molar-refractivity contribution >= 4 is 17.8 Å². The summed E-state index contributed by atoms with van der Waals surface area (Å²) in [5.41, 5.74) is 1.59. The zero-order chi connectivity index (χ0) is 23.0. The topological polar surface area (TPSA) is 85.8 Å². The van der Waals surface area contributed by atoms with E-state index < -0.39 is 23.5 Å². The van der Waals surface area contributed by atoms with E-state index in [-0.39, 0.29) is 24.9 Å². The minimum atomic E-state index is -0.774. The van der Waals surface area contributed by atoms with Crippen molar-refractivity contribution in [3.05, 3.63) is 77.1 Å². The van der Waals surface area contributed by atoms with Crippen molar-refractivity contribution in [2.75, 3.05) is 13.2 Å². The molecule has 3 atom stereocenters. The Balaban J connectivity index is 1.56. The van der Waals surface area contributed by atoms with Gasteiger partial charge < -0.3 is 9.47 Å². The minimum Gasteiger partial charge on any atom is -0.463 e. The Bertz CT molecular complexity index is 1130. The van der Waals surface area contributed by atoms with Crippen molar-refractivity contribution in [2.24, 2.45) is 11.8 Å². The van der Waals surface area contributed by atoms with Crippen LogP contribution in [0.4, 0.5) is 4.79 Å². The van der Waals surface area contributed by atoms with Crippen molar-refractivity contribution in [2.45, 2.75) is 38.3 Å². The Kier molecular flexibility index (Phi) is 5.48. The zero-order valence-corrected chi connectivity index (χ0v) is 18.5. The van der Waals surface area contributed by atoms with Gasteiger partial charge in [0.05, 0.1) is 18.1 Å². The monoisotopic (exact) mass is 446 g/mol. The maximum Gasteiger partial charge on any atom is 0.410 e. The van der Waals surface area contributed by atoms with E-state index in [1.165, 1.54) is 0 Å². The molecule has 1 saturated heterocycles. The first-order valence-corrected chi connectivity index (χ1v) is 11.4. The highest BCUT2D eigenvalue weighted by atomic mass is 16.6. The van der Waals surface area contributed by atoms with Gasteiger partial charge in [0.15, 0.2) is 5.78 Å². The van der Waals surface area contributed by atoms with E-state index in [1.54, 1.807) is 30.2 Å². The summed E-state index contributed by atoms with van der Waals surface area (Å²) < 4.78 is 11.0. The molecule has 1 aromatic carbocycles. The maximum atomic E-state index is 13.5. The number of ether oxygens (including phenoxy) is 2. The van der Waals surface area contributed by atoms with Crippen molar-refractivity contribution in [3.8, 4) is 0 Å². The average Bonchev–Trinajstić information content (AvgIpc) is 2.85. The molecular weight excluding hydrogens is 420 g/mol. The SMILES string of the molecule is CCOC(=O)C1=CC[C@@]23c4cccnc4C(=O)[C@@H]1[C@@H]2CCCN3C(=O)OCc1ccccc1. The number of nitrogens with zero attached hydrogens (tertiary/aromatic N) is 2. The molecule has 170 valence electrons. The molecule has 0 unspecified atom stereocenters. The van der Waals surface area contributed by atoms with E-state index >= 15 is 0 Å². The molecule has 5 rings (SSSR count). The standard InChI is InChI=1S/C26H26N2O5/c1-2-32-24(30)18-12-13-26-19(21(18)23(29)22-20(26)10-6-14-27-22)11-7-15-28(26)25(31)33-16-17-8-4-3-5-9-17/h3-6,8-10,12,14,19,21H,2,7,11,13,15-16H2,1H3/t19-,21-,26-/m0/s1. The smallest absolute Gasteiger partial charge is 0.410 e. The summed E-state index contributed by atoms with van der Waals surface area (Å²) in [5, 5.41) is 0. The fraction of sp³-hybridized carbons (Fsp3) is 0.385. The zero-order valence-electron chi connectivity index (χ0n) is 18.5. The van der Waals surface area contributed by atoms with Gasteiger partial charge in [-0.3, -0.25) is 14.7 Å². The van der Waals surface area contributed by atoms with Crippen LogP contribution in [0.2, 0.25) is 0 Å². The van der Waals surface area contributed by atoms with Crippen LogP contribution in [0.3, 0.4) is 0 Å². The molecule has 33 heavy (non-hydrogen) atoms. The first kappa shape index (κ1) is 21.4. The highest BCUT2D eigenvalue weighted by Gasteiger charge is 2.61. The third-order valence-electron chi connectivity index (χ3n) is 7.09. The lowest BCUT2D eigenvalue weighted by atomic mass is 9.55. The Morgan fingerprint density at radius 1 is 1.15 bits per heavy atom. The largest absolute Gasteiger partial charge is 0.463 e. The number of Topliss-reactive ketones (excluding diaryl/α,β-unsaturated/α-hetero) is 1. The number of hydrogen-bond donors (Lipinski definition) is 0. The number of carbonyl (C=O) groups excluding carboxylic acids is 3. The van der Waals surface area contributed by atoms with Gasteiger partial charge in [0.25, 0.3) is 0 Å². The van der Waals surface area contributed by atoms with E-state index in [9.17, 15) is 14.4 Å². The number of benzene rings is 1. The molecule has 2 aromatic rings. The molecule has 7 nitrogen and oxygen atoms in total. The number of ketones is 1. The maximum absolute atomic E-state index is 13.5. The van der Waals surface area contributed by atoms with Gasteiger partial charge in [0, 0.05) is 29.8 Å². The Morgan fingerprint density at radius 2 is 1.97 bits per heavy atom. The second-order valence-corrected chi connectivity index (χ2v) is 8.69. The summed E-state index contributed by atoms with van der Waals surface area (Å²) in [7, 11) is 0. The highest BCUT2D eigenvalue weighted by Crippen LogP contribution is 2.57. The summed E-state index contributed by atoms with van der Waals surface area (Å²) in [6, 6.07) is 13.2. The van der Waals surface area contributed by atoms with Gasteiger partial charge in [0.2, 0.25) is 0 Å². The molecule has 1 aromatic heterocycles. The van der Waals surface area contributed by atoms with Crippen molar-refractivity contribution in [1.29, 1.82) is 0 Å². The summed E-state index contributed by atoms with van der Waals surface area (Å²) in [6.07, 6.45) is 4.81. The second-order valence-electron chi connectivity index (χ2n) is 8.69. The molecule has 1 fully saturated rings. The van der Waals surface area contributed by atoms with E-state index in [0.29, 0.717) is 24.2 Å². The fourth-order valence-corrected chi connectivity index (χ4v) is 5.77. The molecule has 2 heterocycles. The molecule has 0 saturated carbocycles. The van der Waals surface area contributed by atoms with Crippen LogP contribution in [0.5, 0.6) is 0 Å². The number of piperidine rings is 1. The lowest BCUT2D eigenvalue weighted by Crippen LogP contribution is -2.64. The van der Waals surface area contributed by atoms with Crippen LogP contribution in [0.1, 0.15) is 47.8 Å². The molecular formula is C26H26N2O5. The van der Waals surface area contributed by atoms with Crippen LogP contribution in [-0.2, 0) is 26.4 Å². The second kappa shape index (κ2) is 8.46. The van der Waals surface area contributed by atoms with E-state index in [1.807, 2.05) is 36.4 Å². The van der Waals surface area contributed by atoms with Crippen molar-refractivity contribution < 1.29 is 23.9 Å². The van der Waals surface area contributed by atoms with E-state index in [0.717, 1.165) is 24.0 Å². The van der Waals surface area contributed by atoms with Gasteiger partial charge in [-0.25, -0.2) is 9.59 Å². The van der Waals surface area contributed by atoms with Crippen LogP contribution in [-0.4, -0.2) is 40.9 Å². The third kappa shape index (κ3) is 3.34. The average molecular weight is 447 g/mol. The number of aromatic nitrogens is 1. The molecule has 0 spiro atoms. The number of esters is 1. The first-order chi connectivity index (χ1) is 16.1. The lowest BCUT2D eigenvalue weighted by molar-refractivity contribution is -0.140. The van der Waals surface area contributed by atoms with E-state index in [2.05, 4.69) is 4.98 Å². The molecule has 1 aliphatic heterocycles. The number of carbonyl (C=O) groups is 3. The van der Waals surface area contributed by atoms with Crippen LogP contribution in [0.25, 0.3) is 0 Å². The van der Waals surface area contributed by atoms with Gasteiger partial charge in [-0.05, 0) is 37.8 Å². The Morgan fingerprint density at radius 3 is 2.76 bits per heavy atom. The minimum absolute atomic E-state index is 0.170. The van der Waals surface area contributed by atoms with E-state index in [4.69, 9.17) is 9.47 Å². The predicted octanol–water partition coefficient (Wildman–Crippen LogP) is 4.03. The van der Waals surface area contributed by atoms with Crippen molar-refractivity contribution in [1.82, 2.24) is 9.88 Å².